The minimum absolute atomic E-state index is 0. The number of hydrogen-bond acceptors (Lipinski definition) is 5. The third-order valence-corrected chi connectivity index (χ3v) is 5.72. The van der Waals surface area contributed by atoms with Gasteiger partial charge in [-0.1, -0.05) is 0 Å². The fourth-order valence-electron chi connectivity index (χ4n) is 4.29. The van der Waals surface area contributed by atoms with Crippen molar-refractivity contribution in [1.29, 1.82) is 0 Å². The highest BCUT2D eigenvalue weighted by Gasteiger charge is 2.32. The summed E-state index contributed by atoms with van der Waals surface area (Å²) in [5.74, 6) is 0.737. The van der Waals surface area contributed by atoms with Gasteiger partial charge in [-0.3, -0.25) is 4.79 Å². The molecular formula is C22H24ClFN4O3. The van der Waals surface area contributed by atoms with Crippen LogP contribution >= 0.6 is 12.4 Å². The Hall–Kier alpha value is -2.81. The van der Waals surface area contributed by atoms with Crippen LogP contribution in [0.1, 0.15) is 28.9 Å². The molecule has 2 aromatic carbocycles. The van der Waals surface area contributed by atoms with Gasteiger partial charge in [0.1, 0.15) is 11.5 Å². The Kier molecular flexibility index (Phi) is 5.79. The average molecular weight is 447 g/mol. The Bertz CT molecular complexity index is 1150. The first-order valence-electron chi connectivity index (χ1n) is 10.0. The van der Waals surface area contributed by atoms with Gasteiger partial charge in [-0.05, 0) is 60.8 Å². The summed E-state index contributed by atoms with van der Waals surface area (Å²) in [6.45, 7) is 1.49. The molecule has 164 valence electrons. The molecule has 31 heavy (non-hydrogen) atoms. The molecule has 0 saturated heterocycles. The Labute approximate surface area is 184 Å². The van der Waals surface area contributed by atoms with Crippen molar-refractivity contribution < 1.29 is 18.7 Å². The van der Waals surface area contributed by atoms with E-state index in [4.69, 9.17) is 20.9 Å². The van der Waals surface area contributed by atoms with Crippen molar-refractivity contribution in [3.8, 4) is 22.6 Å². The maximum atomic E-state index is 14.1. The van der Waals surface area contributed by atoms with Crippen LogP contribution in [-0.4, -0.2) is 41.7 Å². The van der Waals surface area contributed by atoms with E-state index in [0.29, 0.717) is 53.3 Å². The third-order valence-electron chi connectivity index (χ3n) is 5.72. The second kappa shape index (κ2) is 8.37. The predicted octanol–water partition coefficient (Wildman–Crippen LogP) is 3.15. The van der Waals surface area contributed by atoms with Gasteiger partial charge in [0.2, 0.25) is 6.79 Å². The number of rotatable bonds is 5. The lowest BCUT2D eigenvalue weighted by molar-refractivity contribution is 0.0729. The number of carbonyl (C=O) groups excluding carboxylic acids is 1. The lowest BCUT2D eigenvalue weighted by Gasteiger charge is -2.25. The largest absolute Gasteiger partial charge is 0.454 e. The third kappa shape index (κ3) is 3.71. The molecule has 1 amide bonds. The number of aromatic amines is 1. The summed E-state index contributed by atoms with van der Waals surface area (Å²) in [5.41, 5.74) is 15.4. The van der Waals surface area contributed by atoms with E-state index < -0.39 is 0 Å². The standard InChI is InChI=1S/C22H23FN4O3.ClH/c23-13-3-4-17-16(7-13)20-15-8-19-18(29-11-30-19)6-12(15)9-27(22(28)21(20)26-17)10-14(25)2-1-5-24;/h3-4,6-8,14,26H,1-2,5,9-11,24-25H2;1H. The number of amides is 1. The van der Waals surface area contributed by atoms with Gasteiger partial charge in [-0.15, -0.1) is 12.4 Å². The van der Waals surface area contributed by atoms with E-state index >= 15 is 0 Å². The highest BCUT2D eigenvalue weighted by molar-refractivity contribution is 6.11. The van der Waals surface area contributed by atoms with Gasteiger partial charge in [-0.25, -0.2) is 4.39 Å². The summed E-state index contributed by atoms with van der Waals surface area (Å²) in [6, 6.07) is 8.07. The zero-order valence-electron chi connectivity index (χ0n) is 16.8. The number of nitrogens with zero attached hydrogens (tertiary/aromatic N) is 1. The van der Waals surface area contributed by atoms with Crippen LogP contribution in [0.5, 0.6) is 11.5 Å². The van der Waals surface area contributed by atoms with Crippen molar-refractivity contribution in [1.82, 2.24) is 9.88 Å². The van der Waals surface area contributed by atoms with Gasteiger partial charge in [0, 0.05) is 35.6 Å². The molecule has 1 atom stereocenters. The van der Waals surface area contributed by atoms with Crippen LogP contribution in [0.4, 0.5) is 4.39 Å². The Balaban J connectivity index is 0.00000231. The van der Waals surface area contributed by atoms with Crippen LogP contribution in [0.25, 0.3) is 22.0 Å². The minimum atomic E-state index is -0.357. The highest BCUT2D eigenvalue weighted by Crippen LogP contribution is 2.44. The first-order chi connectivity index (χ1) is 14.5. The molecule has 2 aliphatic rings. The van der Waals surface area contributed by atoms with E-state index in [1.165, 1.54) is 12.1 Å². The van der Waals surface area contributed by atoms with Crippen LogP contribution in [0, 0.1) is 5.82 Å². The van der Waals surface area contributed by atoms with Crippen LogP contribution in [-0.2, 0) is 6.54 Å². The molecule has 3 aromatic rings. The smallest absolute Gasteiger partial charge is 0.271 e. The van der Waals surface area contributed by atoms with E-state index in [9.17, 15) is 9.18 Å². The molecule has 5 rings (SSSR count). The molecular weight excluding hydrogens is 423 g/mol. The van der Waals surface area contributed by atoms with Gasteiger partial charge >= 0.3 is 0 Å². The number of nitrogens with two attached hydrogens (primary N) is 2. The number of H-pyrrole nitrogens is 1. The summed E-state index contributed by atoms with van der Waals surface area (Å²) in [7, 11) is 0. The number of fused-ring (bicyclic) bond motifs is 6. The van der Waals surface area contributed by atoms with Crippen molar-refractivity contribution >= 4 is 29.2 Å². The number of aromatic nitrogens is 1. The van der Waals surface area contributed by atoms with Crippen molar-refractivity contribution in [3.63, 3.8) is 0 Å². The number of hydrogen-bond donors (Lipinski definition) is 3. The van der Waals surface area contributed by atoms with Crippen LogP contribution in [0.3, 0.4) is 0 Å². The SMILES string of the molecule is Cl.NCCCC(N)CN1Cc2cc3c(cc2-c2c([nH]c4ccc(F)cc24)C1=O)OCO3. The lowest BCUT2D eigenvalue weighted by atomic mass is 9.97. The fourth-order valence-corrected chi connectivity index (χ4v) is 4.29. The molecule has 3 heterocycles. The molecule has 7 nitrogen and oxygen atoms in total. The maximum absolute atomic E-state index is 14.1. The number of carbonyl (C=O) groups is 1. The molecule has 1 unspecified atom stereocenters. The Morgan fingerprint density at radius 1 is 1.19 bits per heavy atom. The van der Waals surface area contributed by atoms with Gasteiger partial charge < -0.3 is 30.8 Å². The van der Waals surface area contributed by atoms with E-state index in [-0.39, 0.29) is 37.0 Å². The van der Waals surface area contributed by atoms with Crippen molar-refractivity contribution in [2.45, 2.75) is 25.4 Å². The second-order valence-corrected chi connectivity index (χ2v) is 7.80. The quantitative estimate of drug-likeness (QED) is 0.558. The Morgan fingerprint density at radius 2 is 1.97 bits per heavy atom. The summed E-state index contributed by atoms with van der Waals surface area (Å²) < 4.78 is 25.2. The average Bonchev–Trinajstić information content (AvgIpc) is 3.31. The summed E-state index contributed by atoms with van der Waals surface area (Å²) in [4.78, 5) is 18.4. The molecule has 1 aromatic heterocycles. The fraction of sp³-hybridized carbons (Fsp3) is 0.318. The van der Waals surface area contributed by atoms with E-state index in [2.05, 4.69) is 4.98 Å². The zero-order chi connectivity index (χ0) is 20.8. The molecule has 0 radical (unpaired) electrons. The first-order valence-corrected chi connectivity index (χ1v) is 10.0. The molecule has 5 N–H and O–H groups in total. The molecule has 0 bridgehead atoms. The lowest BCUT2D eigenvalue weighted by Crippen LogP contribution is -2.40. The number of halogens is 2. The highest BCUT2D eigenvalue weighted by atomic mass is 35.5. The number of nitrogens with one attached hydrogen (secondary N) is 1. The molecule has 2 aliphatic heterocycles. The van der Waals surface area contributed by atoms with Gasteiger partial charge in [0.25, 0.3) is 5.91 Å². The Morgan fingerprint density at radius 3 is 2.74 bits per heavy atom. The first kappa shape index (κ1) is 21.4. The van der Waals surface area contributed by atoms with Crippen LogP contribution in [0.15, 0.2) is 30.3 Å². The van der Waals surface area contributed by atoms with Crippen molar-refractivity contribution in [2.75, 3.05) is 19.9 Å². The van der Waals surface area contributed by atoms with E-state index in [0.717, 1.165) is 24.0 Å². The molecule has 9 heteroatoms. The second-order valence-electron chi connectivity index (χ2n) is 7.80. The summed E-state index contributed by atoms with van der Waals surface area (Å²) in [6.07, 6.45) is 1.54. The summed E-state index contributed by atoms with van der Waals surface area (Å²) >= 11 is 0. The molecule has 0 fully saturated rings. The van der Waals surface area contributed by atoms with Crippen molar-refractivity contribution in [2.24, 2.45) is 11.5 Å². The van der Waals surface area contributed by atoms with E-state index in [1.807, 2.05) is 12.1 Å². The maximum Gasteiger partial charge on any atom is 0.271 e. The normalized spacial score (nSPS) is 15.3. The molecule has 0 saturated carbocycles. The van der Waals surface area contributed by atoms with Gasteiger partial charge in [0.15, 0.2) is 11.5 Å². The number of ether oxygens (including phenoxy) is 2. The van der Waals surface area contributed by atoms with Crippen LogP contribution < -0.4 is 20.9 Å². The topological polar surface area (TPSA) is 107 Å². The molecule has 0 aliphatic carbocycles. The monoisotopic (exact) mass is 446 g/mol. The predicted molar refractivity (Wildman–Crippen MR) is 118 cm³/mol. The minimum Gasteiger partial charge on any atom is -0.454 e. The zero-order valence-corrected chi connectivity index (χ0v) is 17.6. The van der Waals surface area contributed by atoms with E-state index in [1.54, 1.807) is 11.0 Å². The van der Waals surface area contributed by atoms with Crippen molar-refractivity contribution in [3.05, 3.63) is 47.4 Å². The van der Waals surface area contributed by atoms with Crippen LogP contribution in [0.2, 0.25) is 0 Å². The number of benzene rings is 2. The summed E-state index contributed by atoms with van der Waals surface area (Å²) in [5, 5.41) is 0.660. The van der Waals surface area contributed by atoms with Gasteiger partial charge in [0.05, 0.1) is 0 Å². The molecule has 0 spiro atoms. The van der Waals surface area contributed by atoms with Gasteiger partial charge in [-0.2, -0.15) is 0 Å².